The summed E-state index contributed by atoms with van der Waals surface area (Å²) in [5.74, 6) is -0.777. The Morgan fingerprint density at radius 1 is 1.50 bits per heavy atom. The lowest BCUT2D eigenvalue weighted by atomic mass is 10.6. The zero-order valence-corrected chi connectivity index (χ0v) is 6.92. The molecule has 0 saturated heterocycles. The largest absolute Gasteiger partial charge is 0.368 e. The Bertz CT molecular complexity index is 160. The first-order chi connectivity index (χ1) is 5.66. The maximum atomic E-state index is 10.7. The third kappa shape index (κ3) is 6.97. The van der Waals surface area contributed by atoms with Gasteiger partial charge in [0.1, 0.15) is 6.61 Å². The molecule has 6 heteroatoms. The van der Waals surface area contributed by atoms with Crippen LogP contribution in [0.5, 0.6) is 0 Å². The number of hydrogen-bond acceptors (Lipinski definition) is 4. The van der Waals surface area contributed by atoms with Gasteiger partial charge in [0, 0.05) is 6.54 Å². The Labute approximate surface area is 70.4 Å². The van der Waals surface area contributed by atoms with Crippen molar-refractivity contribution in [2.75, 3.05) is 19.7 Å². The minimum absolute atomic E-state index is 0.0150. The van der Waals surface area contributed by atoms with E-state index in [2.05, 4.69) is 15.6 Å². The number of nitrogens with one attached hydrogen (secondary N) is 2. The number of hydroxylamine groups is 1. The fourth-order valence-electron chi connectivity index (χ4n) is 0.498. The van der Waals surface area contributed by atoms with Gasteiger partial charge in [-0.15, -0.1) is 0 Å². The van der Waals surface area contributed by atoms with Crippen LogP contribution in [-0.4, -0.2) is 31.5 Å². The Hall–Kier alpha value is -1.14. The van der Waals surface area contributed by atoms with Gasteiger partial charge in [-0.1, -0.05) is 0 Å². The first-order valence-electron chi connectivity index (χ1n) is 3.56. The summed E-state index contributed by atoms with van der Waals surface area (Å²) in [6.07, 6.45) is 0. The van der Waals surface area contributed by atoms with E-state index >= 15 is 0 Å². The molecule has 0 atom stereocenters. The van der Waals surface area contributed by atoms with Crippen LogP contribution >= 0.6 is 0 Å². The van der Waals surface area contributed by atoms with E-state index in [1.807, 2.05) is 6.92 Å². The highest BCUT2D eigenvalue weighted by Gasteiger charge is 1.98. The monoisotopic (exact) mass is 175 g/mol. The fraction of sp³-hybridized carbons (Fsp3) is 0.667. The molecular formula is C6H13N3O3. The zero-order valence-electron chi connectivity index (χ0n) is 6.92. The summed E-state index contributed by atoms with van der Waals surface area (Å²) in [4.78, 5) is 25.4. The van der Waals surface area contributed by atoms with Crippen molar-refractivity contribution >= 4 is 11.8 Å². The minimum atomic E-state index is -0.585. The summed E-state index contributed by atoms with van der Waals surface area (Å²) >= 11 is 0. The standard InChI is InChI=1S/C6H13N3O3/c1-2-8-6(11)3-9-12-4-5(7)10/h9H,2-4H2,1H3,(H2,7,10)(H,8,11). The van der Waals surface area contributed by atoms with Crippen molar-refractivity contribution in [2.45, 2.75) is 6.92 Å². The van der Waals surface area contributed by atoms with Crippen molar-refractivity contribution in [3.63, 3.8) is 0 Å². The zero-order chi connectivity index (χ0) is 9.40. The van der Waals surface area contributed by atoms with Crippen molar-refractivity contribution < 1.29 is 14.4 Å². The molecule has 0 spiro atoms. The van der Waals surface area contributed by atoms with Crippen LogP contribution in [0.1, 0.15) is 6.92 Å². The van der Waals surface area contributed by atoms with E-state index in [9.17, 15) is 9.59 Å². The van der Waals surface area contributed by atoms with Crippen LogP contribution in [-0.2, 0) is 14.4 Å². The molecule has 0 saturated carbocycles. The number of carbonyl (C=O) groups is 2. The molecule has 0 bridgehead atoms. The lowest BCUT2D eigenvalue weighted by Gasteiger charge is -2.03. The highest BCUT2D eigenvalue weighted by atomic mass is 16.6. The van der Waals surface area contributed by atoms with Gasteiger partial charge in [-0.05, 0) is 6.92 Å². The molecular weight excluding hydrogens is 162 g/mol. The highest BCUT2D eigenvalue weighted by Crippen LogP contribution is 1.67. The number of nitrogens with two attached hydrogens (primary N) is 1. The molecule has 0 aliphatic rings. The Morgan fingerprint density at radius 2 is 2.17 bits per heavy atom. The van der Waals surface area contributed by atoms with Gasteiger partial charge in [0.2, 0.25) is 11.8 Å². The minimum Gasteiger partial charge on any atom is -0.368 e. The molecule has 0 radical (unpaired) electrons. The number of primary amides is 1. The second-order valence-corrected chi connectivity index (χ2v) is 2.03. The Morgan fingerprint density at radius 3 is 2.67 bits per heavy atom. The molecule has 0 aliphatic carbocycles. The van der Waals surface area contributed by atoms with Crippen molar-refractivity contribution in [1.29, 1.82) is 0 Å². The molecule has 0 aromatic rings. The molecule has 0 rings (SSSR count). The summed E-state index contributed by atoms with van der Waals surface area (Å²) in [5, 5.41) is 2.54. The third-order valence-corrected chi connectivity index (χ3v) is 0.923. The maximum absolute atomic E-state index is 10.7. The molecule has 6 nitrogen and oxygen atoms in total. The topological polar surface area (TPSA) is 93.4 Å². The molecule has 0 unspecified atom stereocenters. The van der Waals surface area contributed by atoms with E-state index in [4.69, 9.17) is 5.73 Å². The Balaban J connectivity index is 3.19. The highest BCUT2D eigenvalue weighted by molar-refractivity contribution is 5.77. The number of rotatable bonds is 6. The van der Waals surface area contributed by atoms with E-state index in [0.29, 0.717) is 6.54 Å². The van der Waals surface area contributed by atoms with Gasteiger partial charge in [0.05, 0.1) is 6.54 Å². The smallest absolute Gasteiger partial charge is 0.245 e. The van der Waals surface area contributed by atoms with Gasteiger partial charge in [-0.3, -0.25) is 14.4 Å². The Kier molecular flexibility index (Phi) is 5.94. The molecule has 4 N–H and O–H groups in total. The molecule has 0 heterocycles. The SMILES string of the molecule is CCNC(=O)CNOCC(N)=O. The van der Waals surface area contributed by atoms with Crippen LogP contribution < -0.4 is 16.5 Å². The quantitative estimate of drug-likeness (QED) is 0.325. The second kappa shape index (κ2) is 6.56. The van der Waals surface area contributed by atoms with Crippen LogP contribution in [0.4, 0.5) is 0 Å². The van der Waals surface area contributed by atoms with E-state index < -0.39 is 5.91 Å². The molecule has 0 aromatic heterocycles. The lowest BCUT2D eigenvalue weighted by Crippen LogP contribution is -2.35. The molecule has 2 amide bonds. The molecule has 70 valence electrons. The fourth-order valence-corrected chi connectivity index (χ4v) is 0.498. The van der Waals surface area contributed by atoms with Crippen LogP contribution in [0.25, 0.3) is 0 Å². The van der Waals surface area contributed by atoms with E-state index in [0.717, 1.165) is 0 Å². The molecule has 0 aromatic carbocycles. The van der Waals surface area contributed by atoms with Gasteiger partial charge in [0.25, 0.3) is 0 Å². The number of carbonyl (C=O) groups excluding carboxylic acids is 2. The van der Waals surface area contributed by atoms with Gasteiger partial charge < -0.3 is 11.1 Å². The summed E-state index contributed by atoms with van der Waals surface area (Å²) in [5.41, 5.74) is 7.05. The van der Waals surface area contributed by atoms with E-state index in [1.54, 1.807) is 0 Å². The number of hydrogen-bond donors (Lipinski definition) is 3. The number of amides is 2. The maximum Gasteiger partial charge on any atom is 0.245 e. The van der Waals surface area contributed by atoms with Gasteiger partial charge in [-0.2, -0.15) is 5.48 Å². The predicted octanol–water partition coefficient (Wildman–Crippen LogP) is -1.87. The first kappa shape index (κ1) is 10.9. The summed E-state index contributed by atoms with van der Waals surface area (Å²) in [6, 6.07) is 0. The van der Waals surface area contributed by atoms with Crippen LogP contribution in [0.2, 0.25) is 0 Å². The first-order valence-corrected chi connectivity index (χ1v) is 3.56. The average Bonchev–Trinajstić information content (AvgIpc) is 1.98. The van der Waals surface area contributed by atoms with Gasteiger partial charge in [0.15, 0.2) is 0 Å². The van der Waals surface area contributed by atoms with Gasteiger partial charge >= 0.3 is 0 Å². The molecule has 12 heavy (non-hydrogen) atoms. The van der Waals surface area contributed by atoms with Crippen molar-refractivity contribution in [3.8, 4) is 0 Å². The summed E-state index contributed by atoms with van der Waals surface area (Å²) in [6.45, 7) is 2.15. The van der Waals surface area contributed by atoms with Crippen molar-refractivity contribution in [2.24, 2.45) is 5.73 Å². The predicted molar refractivity (Wildman–Crippen MR) is 41.8 cm³/mol. The van der Waals surface area contributed by atoms with Crippen molar-refractivity contribution in [3.05, 3.63) is 0 Å². The lowest BCUT2D eigenvalue weighted by molar-refractivity contribution is -0.129. The normalized spacial score (nSPS) is 9.42. The van der Waals surface area contributed by atoms with Crippen LogP contribution in [0.15, 0.2) is 0 Å². The van der Waals surface area contributed by atoms with Crippen molar-refractivity contribution in [1.82, 2.24) is 10.8 Å². The molecule has 0 fully saturated rings. The second-order valence-electron chi connectivity index (χ2n) is 2.03. The van der Waals surface area contributed by atoms with Crippen LogP contribution in [0.3, 0.4) is 0 Å². The molecule has 0 aliphatic heterocycles. The average molecular weight is 175 g/mol. The van der Waals surface area contributed by atoms with E-state index in [1.165, 1.54) is 0 Å². The van der Waals surface area contributed by atoms with Crippen LogP contribution in [0, 0.1) is 0 Å². The third-order valence-electron chi connectivity index (χ3n) is 0.923. The summed E-state index contributed by atoms with van der Waals surface area (Å²) < 4.78 is 0. The van der Waals surface area contributed by atoms with Gasteiger partial charge in [-0.25, -0.2) is 0 Å². The van der Waals surface area contributed by atoms with E-state index in [-0.39, 0.29) is 19.1 Å². The number of likely N-dealkylation sites (N-methyl/N-ethyl adjacent to an activating group) is 1. The summed E-state index contributed by atoms with van der Waals surface area (Å²) in [7, 11) is 0.